The molecule has 122 valence electrons. The number of hydrogen-bond donors (Lipinski definition) is 2. The molecule has 0 radical (unpaired) electrons. The van der Waals surface area contributed by atoms with Gasteiger partial charge in [-0.15, -0.1) is 0 Å². The number of ether oxygens (including phenoxy) is 1. The average Bonchev–Trinajstić information content (AvgIpc) is 2.93. The highest BCUT2D eigenvalue weighted by molar-refractivity contribution is 5.86. The van der Waals surface area contributed by atoms with Crippen LogP contribution in [0.15, 0.2) is 18.2 Å². The van der Waals surface area contributed by atoms with Gasteiger partial charge in [-0.1, -0.05) is 26.0 Å². The molecule has 1 aliphatic carbocycles. The summed E-state index contributed by atoms with van der Waals surface area (Å²) in [6.45, 7) is 12.7. The lowest BCUT2D eigenvalue weighted by molar-refractivity contribution is 0.0636. The van der Waals surface area contributed by atoms with Crippen LogP contribution >= 0.6 is 0 Å². The number of aryl methyl sites for hydroxylation is 1. The first kappa shape index (κ1) is 16.8. The van der Waals surface area contributed by atoms with Crippen molar-refractivity contribution >= 4 is 11.8 Å². The third-order valence-corrected chi connectivity index (χ3v) is 4.68. The van der Waals surface area contributed by atoms with E-state index in [0.717, 1.165) is 17.7 Å². The van der Waals surface area contributed by atoms with E-state index in [9.17, 15) is 4.79 Å². The zero-order valence-electron chi connectivity index (χ0n) is 14.5. The topological polar surface area (TPSA) is 64.3 Å². The van der Waals surface area contributed by atoms with Gasteiger partial charge in [0.1, 0.15) is 5.60 Å². The fraction of sp³-hybridized carbons (Fsp3) is 0.611. The number of nitrogens with two attached hydrogens (primary N) is 1. The molecule has 0 aromatic heterocycles. The second kappa shape index (κ2) is 5.27. The van der Waals surface area contributed by atoms with Gasteiger partial charge in [-0.05, 0) is 56.7 Å². The molecule has 4 heteroatoms. The van der Waals surface area contributed by atoms with E-state index in [2.05, 4.69) is 31.3 Å². The maximum atomic E-state index is 11.9. The highest BCUT2D eigenvalue weighted by Gasteiger charge is 2.60. The molecule has 22 heavy (non-hydrogen) atoms. The van der Waals surface area contributed by atoms with E-state index in [-0.39, 0.29) is 10.8 Å². The molecule has 3 N–H and O–H groups in total. The van der Waals surface area contributed by atoms with Crippen molar-refractivity contribution in [2.24, 2.45) is 11.1 Å². The summed E-state index contributed by atoms with van der Waals surface area (Å²) in [6, 6.07) is 6.15. The molecule has 1 aromatic rings. The quantitative estimate of drug-likeness (QED) is 0.888. The molecular formula is C18H28N2O2. The Hall–Kier alpha value is -1.55. The van der Waals surface area contributed by atoms with Crippen LogP contribution in [-0.4, -0.2) is 18.2 Å². The summed E-state index contributed by atoms with van der Waals surface area (Å²) in [4.78, 5) is 11.9. The maximum absolute atomic E-state index is 11.9. The van der Waals surface area contributed by atoms with Gasteiger partial charge in [0.05, 0.1) is 0 Å². The first-order valence-corrected chi connectivity index (χ1v) is 7.82. The Morgan fingerprint density at radius 1 is 1.36 bits per heavy atom. The van der Waals surface area contributed by atoms with Crippen LogP contribution in [0.5, 0.6) is 0 Å². The molecule has 0 saturated heterocycles. The molecule has 0 heterocycles. The van der Waals surface area contributed by atoms with Crippen LogP contribution in [0.1, 0.15) is 52.2 Å². The lowest BCUT2D eigenvalue weighted by Gasteiger charge is -2.22. The van der Waals surface area contributed by atoms with Gasteiger partial charge in [0.15, 0.2) is 0 Å². The number of benzene rings is 1. The van der Waals surface area contributed by atoms with Crippen molar-refractivity contribution in [3.8, 4) is 0 Å². The number of carbonyl (C=O) groups excluding carboxylic acids is 1. The van der Waals surface area contributed by atoms with Crippen molar-refractivity contribution in [3.05, 3.63) is 29.3 Å². The fourth-order valence-electron chi connectivity index (χ4n) is 3.18. The standard InChI is InChI=1S/C18H28N2O2/c1-12-9-13(18(11-19)10-17(18,5)6)7-8-14(12)20-15(21)22-16(2,3)4/h7-9H,10-11,19H2,1-6H3,(H,20,21). The molecular weight excluding hydrogens is 276 g/mol. The van der Waals surface area contributed by atoms with Crippen molar-refractivity contribution in [2.75, 3.05) is 11.9 Å². The van der Waals surface area contributed by atoms with Crippen molar-refractivity contribution in [1.82, 2.24) is 0 Å². The minimum atomic E-state index is -0.500. The molecule has 1 aromatic carbocycles. The first-order valence-electron chi connectivity index (χ1n) is 7.82. The third kappa shape index (κ3) is 3.12. The minimum Gasteiger partial charge on any atom is -0.444 e. The lowest BCUT2D eigenvalue weighted by Crippen LogP contribution is -2.28. The summed E-state index contributed by atoms with van der Waals surface area (Å²) >= 11 is 0. The second-order valence-electron chi connectivity index (χ2n) is 8.00. The predicted molar refractivity (Wildman–Crippen MR) is 90.2 cm³/mol. The highest BCUT2D eigenvalue weighted by atomic mass is 16.6. The first-order chi connectivity index (χ1) is 10.0. The Morgan fingerprint density at radius 3 is 2.36 bits per heavy atom. The van der Waals surface area contributed by atoms with E-state index in [4.69, 9.17) is 10.5 Å². The SMILES string of the molecule is Cc1cc(C2(CN)CC2(C)C)ccc1NC(=O)OC(C)(C)C. The van der Waals surface area contributed by atoms with E-state index in [1.165, 1.54) is 5.56 Å². The maximum Gasteiger partial charge on any atom is 0.412 e. The van der Waals surface area contributed by atoms with Crippen molar-refractivity contribution in [3.63, 3.8) is 0 Å². The number of amides is 1. The van der Waals surface area contributed by atoms with Crippen LogP contribution < -0.4 is 11.1 Å². The molecule has 1 unspecified atom stereocenters. The Balaban J connectivity index is 2.16. The summed E-state index contributed by atoms with van der Waals surface area (Å²) < 4.78 is 5.29. The van der Waals surface area contributed by atoms with Crippen LogP contribution in [-0.2, 0) is 10.2 Å². The number of anilines is 1. The van der Waals surface area contributed by atoms with Gasteiger partial charge in [0, 0.05) is 17.6 Å². The summed E-state index contributed by atoms with van der Waals surface area (Å²) in [7, 11) is 0. The van der Waals surface area contributed by atoms with Crippen LogP contribution in [0.2, 0.25) is 0 Å². The Bertz CT molecular complexity index is 587. The lowest BCUT2D eigenvalue weighted by atomic mass is 9.87. The molecule has 0 aliphatic heterocycles. The Kier molecular flexibility index (Phi) is 4.03. The van der Waals surface area contributed by atoms with E-state index >= 15 is 0 Å². The molecule has 4 nitrogen and oxygen atoms in total. The van der Waals surface area contributed by atoms with E-state index < -0.39 is 11.7 Å². The molecule has 1 amide bonds. The van der Waals surface area contributed by atoms with Gasteiger partial charge in [-0.2, -0.15) is 0 Å². The summed E-state index contributed by atoms with van der Waals surface area (Å²) in [6.07, 6.45) is 0.679. The number of carbonyl (C=O) groups is 1. The second-order valence-corrected chi connectivity index (χ2v) is 8.00. The zero-order chi connectivity index (χ0) is 16.8. The van der Waals surface area contributed by atoms with E-state index in [1.807, 2.05) is 33.8 Å². The molecule has 2 rings (SSSR count). The largest absolute Gasteiger partial charge is 0.444 e. The normalized spacial score (nSPS) is 23.0. The average molecular weight is 304 g/mol. The van der Waals surface area contributed by atoms with Crippen molar-refractivity contribution < 1.29 is 9.53 Å². The zero-order valence-corrected chi connectivity index (χ0v) is 14.5. The summed E-state index contributed by atoms with van der Waals surface area (Å²) in [5.41, 5.74) is 8.91. The van der Waals surface area contributed by atoms with Gasteiger partial charge in [-0.3, -0.25) is 5.32 Å². The van der Waals surface area contributed by atoms with Crippen LogP contribution in [0.3, 0.4) is 0 Å². The van der Waals surface area contributed by atoms with Gasteiger partial charge in [0.25, 0.3) is 0 Å². The van der Waals surface area contributed by atoms with E-state index in [0.29, 0.717) is 6.54 Å². The minimum absolute atomic E-state index is 0.0716. The third-order valence-electron chi connectivity index (χ3n) is 4.68. The predicted octanol–water partition coefficient (Wildman–Crippen LogP) is 3.97. The van der Waals surface area contributed by atoms with Crippen LogP contribution in [0, 0.1) is 12.3 Å². The van der Waals surface area contributed by atoms with Gasteiger partial charge < -0.3 is 10.5 Å². The number of hydrogen-bond acceptors (Lipinski definition) is 3. The Morgan fingerprint density at radius 2 is 1.95 bits per heavy atom. The van der Waals surface area contributed by atoms with Crippen LogP contribution in [0.4, 0.5) is 10.5 Å². The highest BCUT2D eigenvalue weighted by Crippen LogP contribution is 2.63. The molecule has 1 fully saturated rings. The van der Waals surface area contributed by atoms with Gasteiger partial charge in [-0.25, -0.2) is 4.79 Å². The number of rotatable bonds is 3. The van der Waals surface area contributed by atoms with Gasteiger partial charge in [0.2, 0.25) is 0 Å². The van der Waals surface area contributed by atoms with E-state index in [1.54, 1.807) is 0 Å². The summed E-state index contributed by atoms with van der Waals surface area (Å²) in [5.74, 6) is 0. The van der Waals surface area contributed by atoms with Crippen molar-refractivity contribution in [2.45, 2.75) is 59.0 Å². The molecule has 1 atom stereocenters. The van der Waals surface area contributed by atoms with Crippen molar-refractivity contribution in [1.29, 1.82) is 0 Å². The Labute approximate surface area is 133 Å². The fourth-order valence-corrected chi connectivity index (χ4v) is 3.18. The molecule has 0 spiro atoms. The molecule has 1 aliphatic rings. The molecule has 1 saturated carbocycles. The van der Waals surface area contributed by atoms with Crippen LogP contribution in [0.25, 0.3) is 0 Å². The smallest absolute Gasteiger partial charge is 0.412 e. The molecule has 0 bridgehead atoms. The number of nitrogens with one attached hydrogen (secondary N) is 1. The van der Waals surface area contributed by atoms with Gasteiger partial charge >= 0.3 is 6.09 Å². The summed E-state index contributed by atoms with van der Waals surface area (Å²) in [5, 5.41) is 2.81. The monoisotopic (exact) mass is 304 g/mol.